The van der Waals surface area contributed by atoms with E-state index in [0.29, 0.717) is 39.5 Å². The molecular formula is C31H49N5O13. The van der Waals surface area contributed by atoms with E-state index in [1.807, 2.05) is 6.92 Å². The number of nitrogens with zero attached hydrogens (tertiary/aromatic N) is 1. The van der Waals surface area contributed by atoms with Gasteiger partial charge in [-0.2, -0.15) is 0 Å². The molecule has 6 amide bonds. The maximum atomic E-state index is 12.7. The quantitative estimate of drug-likeness (QED) is 0.0384. The molecule has 18 nitrogen and oxygen atoms in total. The molecule has 2 heterocycles. The van der Waals surface area contributed by atoms with E-state index in [0.717, 1.165) is 11.3 Å². The summed E-state index contributed by atoms with van der Waals surface area (Å²) in [5.41, 5.74) is 0. The Bertz CT molecular complexity index is 1100. The number of cyclic esters (lactones) is 1. The molecule has 0 aliphatic carbocycles. The number of imide groups is 1. The zero-order valence-electron chi connectivity index (χ0n) is 28.0. The molecule has 0 spiro atoms. The molecule has 0 aromatic rings. The van der Waals surface area contributed by atoms with Crippen molar-refractivity contribution in [3.8, 4) is 0 Å². The second-order valence-electron chi connectivity index (χ2n) is 10.8. The van der Waals surface area contributed by atoms with Gasteiger partial charge in [0.05, 0.1) is 72.5 Å². The molecule has 4 N–H and O–H groups in total. The van der Waals surface area contributed by atoms with E-state index in [-0.39, 0.29) is 84.4 Å². The predicted molar refractivity (Wildman–Crippen MR) is 170 cm³/mol. The summed E-state index contributed by atoms with van der Waals surface area (Å²) in [5.74, 6) is -3.27. The van der Waals surface area contributed by atoms with Crippen LogP contribution in [0.25, 0.3) is 0 Å². The molecular weight excluding hydrogens is 650 g/mol. The van der Waals surface area contributed by atoms with Crippen molar-refractivity contribution in [1.82, 2.24) is 26.2 Å². The lowest BCUT2D eigenvalue weighted by Gasteiger charge is -2.19. The van der Waals surface area contributed by atoms with Crippen LogP contribution in [0.4, 0.5) is 0 Å². The lowest BCUT2D eigenvalue weighted by molar-refractivity contribution is -0.141. The van der Waals surface area contributed by atoms with Crippen LogP contribution in [-0.2, 0) is 62.0 Å². The summed E-state index contributed by atoms with van der Waals surface area (Å²) in [6.07, 6.45) is 3.13. The fraction of sp³-hybridized carbons (Fsp3) is 0.710. The minimum Gasteiger partial charge on any atom is -0.464 e. The molecule has 0 saturated carbocycles. The van der Waals surface area contributed by atoms with Gasteiger partial charge in [0, 0.05) is 57.7 Å². The molecule has 0 aromatic heterocycles. The molecule has 2 aliphatic heterocycles. The third-order valence-corrected chi connectivity index (χ3v) is 6.83. The summed E-state index contributed by atoms with van der Waals surface area (Å²) >= 11 is 0. The minimum atomic E-state index is -1.15. The number of nitrogens with one attached hydrogen (secondary N) is 4. The lowest BCUT2D eigenvalue weighted by atomic mass is 10.1. The lowest BCUT2D eigenvalue weighted by Crippen LogP contribution is -2.51. The van der Waals surface area contributed by atoms with Crippen molar-refractivity contribution in [2.45, 2.75) is 51.1 Å². The van der Waals surface area contributed by atoms with Crippen LogP contribution in [0.3, 0.4) is 0 Å². The van der Waals surface area contributed by atoms with E-state index in [9.17, 15) is 33.6 Å². The van der Waals surface area contributed by atoms with E-state index >= 15 is 0 Å². The molecule has 0 aromatic carbocycles. The van der Waals surface area contributed by atoms with Gasteiger partial charge >= 0.3 is 5.97 Å². The van der Waals surface area contributed by atoms with Crippen molar-refractivity contribution in [3.63, 3.8) is 0 Å². The molecule has 49 heavy (non-hydrogen) atoms. The van der Waals surface area contributed by atoms with Gasteiger partial charge in [-0.05, 0) is 6.42 Å². The molecule has 2 aliphatic rings. The molecule has 18 heteroatoms. The van der Waals surface area contributed by atoms with Gasteiger partial charge in [0.1, 0.15) is 12.1 Å². The van der Waals surface area contributed by atoms with E-state index in [4.69, 9.17) is 28.4 Å². The fourth-order valence-corrected chi connectivity index (χ4v) is 4.30. The average Bonchev–Trinajstić information content (AvgIpc) is 3.63. The molecule has 0 unspecified atom stereocenters. The highest BCUT2D eigenvalue weighted by Gasteiger charge is 2.30. The first-order chi connectivity index (χ1) is 23.7. The van der Waals surface area contributed by atoms with Crippen LogP contribution in [-0.4, -0.2) is 151 Å². The minimum absolute atomic E-state index is 0.0172. The fourth-order valence-electron chi connectivity index (χ4n) is 4.30. The first kappa shape index (κ1) is 41.2. The van der Waals surface area contributed by atoms with Crippen LogP contribution in [0, 0.1) is 0 Å². The molecule has 2 atom stereocenters. The number of hydrogen-bond acceptors (Lipinski definition) is 13. The van der Waals surface area contributed by atoms with Gasteiger partial charge < -0.3 is 49.7 Å². The molecule has 0 bridgehead atoms. The van der Waals surface area contributed by atoms with Gasteiger partial charge in [0.25, 0.3) is 11.8 Å². The van der Waals surface area contributed by atoms with Crippen LogP contribution in [0.15, 0.2) is 12.2 Å². The first-order valence-corrected chi connectivity index (χ1v) is 16.4. The standard InChI is InChI=1S/C31H49N5O13/c1-2-11-44-15-9-33-30(42)24(22-27(39)34-23-6-13-49-31(23)43)35-26(38)7-12-45-16-18-47-20-21-48-19-17-46-14-8-32-25(37)5-10-36-28(40)3-4-29(36)41/h3-4,23-24H,2,5-22H2,1H3,(H,32,37)(H,33,42)(H,34,39)(H,35,38)/t23-,24-/m0/s1. The number of rotatable bonds is 28. The van der Waals surface area contributed by atoms with Crippen LogP contribution in [0.2, 0.25) is 0 Å². The third-order valence-electron chi connectivity index (χ3n) is 6.83. The highest BCUT2D eigenvalue weighted by atomic mass is 16.6. The Hall–Kier alpha value is -3.97. The van der Waals surface area contributed by atoms with Crippen molar-refractivity contribution in [2.24, 2.45) is 0 Å². The zero-order valence-corrected chi connectivity index (χ0v) is 28.0. The van der Waals surface area contributed by atoms with Crippen LogP contribution < -0.4 is 21.3 Å². The topological polar surface area (TPSA) is 226 Å². The van der Waals surface area contributed by atoms with Crippen molar-refractivity contribution in [3.05, 3.63) is 12.2 Å². The summed E-state index contributed by atoms with van der Waals surface area (Å²) in [5, 5.41) is 10.4. The van der Waals surface area contributed by atoms with Crippen molar-refractivity contribution >= 4 is 41.4 Å². The summed E-state index contributed by atoms with van der Waals surface area (Å²) in [6, 6.07) is -1.93. The Morgan fingerprint density at radius 3 is 1.92 bits per heavy atom. The van der Waals surface area contributed by atoms with E-state index in [1.54, 1.807) is 0 Å². The van der Waals surface area contributed by atoms with Crippen molar-refractivity contribution < 1.29 is 62.0 Å². The second kappa shape index (κ2) is 25.1. The van der Waals surface area contributed by atoms with Gasteiger partial charge in [-0.3, -0.25) is 33.7 Å². The molecule has 276 valence electrons. The monoisotopic (exact) mass is 699 g/mol. The van der Waals surface area contributed by atoms with Gasteiger partial charge in [0.15, 0.2) is 0 Å². The normalized spacial score (nSPS) is 16.1. The van der Waals surface area contributed by atoms with Gasteiger partial charge in [-0.15, -0.1) is 0 Å². The Labute approximate surface area is 285 Å². The zero-order chi connectivity index (χ0) is 35.7. The van der Waals surface area contributed by atoms with E-state index in [2.05, 4.69) is 21.3 Å². The Balaban J connectivity index is 1.46. The highest BCUT2D eigenvalue weighted by Crippen LogP contribution is 2.07. The maximum absolute atomic E-state index is 12.7. The van der Waals surface area contributed by atoms with Crippen molar-refractivity contribution in [2.75, 3.05) is 92.3 Å². The maximum Gasteiger partial charge on any atom is 0.328 e. The van der Waals surface area contributed by atoms with Crippen LogP contribution in [0.5, 0.6) is 0 Å². The first-order valence-electron chi connectivity index (χ1n) is 16.4. The van der Waals surface area contributed by atoms with Gasteiger partial charge in [0.2, 0.25) is 23.6 Å². The Kier molecular flexibility index (Phi) is 21.1. The molecule has 0 radical (unpaired) electrons. The number of esters is 1. The average molecular weight is 700 g/mol. The summed E-state index contributed by atoms with van der Waals surface area (Å²) in [6.45, 7) is 5.66. The SMILES string of the molecule is CCCOCCNC(=O)[C@H](CC(=O)N[C@H]1CCOC1=O)NC(=O)CCOCCOCCOCCOCCNC(=O)CCN1C(=O)C=CC1=O. The van der Waals surface area contributed by atoms with Crippen LogP contribution >= 0.6 is 0 Å². The number of carbonyl (C=O) groups excluding carboxylic acids is 7. The number of ether oxygens (including phenoxy) is 6. The summed E-state index contributed by atoms with van der Waals surface area (Å²) in [7, 11) is 0. The second-order valence-corrected chi connectivity index (χ2v) is 10.8. The Morgan fingerprint density at radius 2 is 1.33 bits per heavy atom. The van der Waals surface area contributed by atoms with Crippen LogP contribution in [0.1, 0.15) is 39.0 Å². The highest BCUT2D eigenvalue weighted by molar-refractivity contribution is 6.13. The van der Waals surface area contributed by atoms with E-state index < -0.39 is 47.6 Å². The smallest absolute Gasteiger partial charge is 0.328 e. The van der Waals surface area contributed by atoms with E-state index in [1.165, 1.54) is 12.2 Å². The van der Waals surface area contributed by atoms with Gasteiger partial charge in [-0.1, -0.05) is 6.92 Å². The predicted octanol–water partition coefficient (Wildman–Crippen LogP) is -2.28. The molecule has 2 rings (SSSR count). The number of hydrogen-bond donors (Lipinski definition) is 4. The van der Waals surface area contributed by atoms with Crippen molar-refractivity contribution in [1.29, 1.82) is 0 Å². The molecule has 1 fully saturated rings. The van der Waals surface area contributed by atoms with Gasteiger partial charge in [-0.25, -0.2) is 4.79 Å². The number of amides is 6. The Morgan fingerprint density at radius 1 is 0.755 bits per heavy atom. The molecule has 1 saturated heterocycles. The summed E-state index contributed by atoms with van der Waals surface area (Å²) in [4.78, 5) is 85.1. The third kappa shape index (κ3) is 18.4. The largest absolute Gasteiger partial charge is 0.464 e. The summed E-state index contributed by atoms with van der Waals surface area (Å²) < 4.78 is 31.8. The number of carbonyl (C=O) groups is 7.